The normalized spacial score (nSPS) is 10.7. The minimum atomic E-state index is -0.609. The Labute approximate surface area is 164 Å². The number of nitrogens with one attached hydrogen (secondary N) is 2. The summed E-state index contributed by atoms with van der Waals surface area (Å²) in [7, 11) is 3.37. The highest BCUT2D eigenvalue weighted by Gasteiger charge is 2.19. The van der Waals surface area contributed by atoms with Crippen LogP contribution in [0.15, 0.2) is 30.9 Å². The molecule has 0 saturated carbocycles. The first-order chi connectivity index (χ1) is 13.8. The lowest BCUT2D eigenvalue weighted by molar-refractivity contribution is -0.389. The molecule has 0 aliphatic carbocycles. The van der Waals surface area contributed by atoms with E-state index in [2.05, 4.69) is 25.9 Å². The summed E-state index contributed by atoms with van der Waals surface area (Å²) < 4.78 is 4.30. The molecule has 29 heavy (non-hydrogen) atoms. The fourth-order valence-electron chi connectivity index (χ4n) is 2.63. The van der Waals surface area contributed by atoms with Gasteiger partial charge in [0.15, 0.2) is 0 Å². The Hall–Kier alpha value is -4.03. The summed E-state index contributed by atoms with van der Waals surface area (Å²) in [5, 5.41) is 27.8. The molecule has 2 N–H and O–H groups in total. The molecule has 13 nitrogen and oxygen atoms in total. The first kappa shape index (κ1) is 19.7. The number of nitrogens with zero attached hydrogens (tertiary/aromatic N) is 7. The van der Waals surface area contributed by atoms with Crippen molar-refractivity contribution in [3.63, 3.8) is 0 Å². The first-order valence-electron chi connectivity index (χ1n) is 8.59. The third kappa shape index (κ3) is 4.82. The van der Waals surface area contributed by atoms with Crippen LogP contribution in [0.4, 0.5) is 11.5 Å². The van der Waals surface area contributed by atoms with Crippen LogP contribution in [0.3, 0.4) is 0 Å². The number of aryl methyl sites for hydroxylation is 3. The van der Waals surface area contributed by atoms with Gasteiger partial charge in [-0.1, -0.05) is 0 Å². The van der Waals surface area contributed by atoms with Crippen molar-refractivity contribution in [1.82, 2.24) is 34.7 Å². The predicted molar refractivity (Wildman–Crippen MR) is 99.7 cm³/mol. The van der Waals surface area contributed by atoms with E-state index in [1.807, 2.05) is 0 Å². The van der Waals surface area contributed by atoms with Crippen molar-refractivity contribution in [3.05, 3.63) is 52.2 Å². The minimum Gasteiger partial charge on any atom is -0.358 e. The standard InChI is InChI=1S/C16H19N9O4/c1-22-10-11(8-18-22)7-17-16(27)15-12(9-19-23(15)2)20-14(26)4-6-24-5-3-13(21-24)25(28)29/h3,5,8-10H,4,6-7H2,1-2H3,(H,17,27)(H,20,26). The van der Waals surface area contributed by atoms with Gasteiger partial charge in [0, 0.05) is 38.8 Å². The SMILES string of the molecule is Cn1cc(CNC(=O)c2c(NC(=O)CCn3ccc([N+](=O)[O-])n3)cnn2C)cn1. The van der Waals surface area contributed by atoms with Gasteiger partial charge in [0.2, 0.25) is 5.91 Å². The van der Waals surface area contributed by atoms with Crippen molar-refractivity contribution in [3.8, 4) is 0 Å². The summed E-state index contributed by atoms with van der Waals surface area (Å²) in [6.07, 6.45) is 6.25. The highest BCUT2D eigenvalue weighted by atomic mass is 16.6. The Kier molecular flexibility index (Phi) is 5.66. The van der Waals surface area contributed by atoms with Crippen LogP contribution >= 0.6 is 0 Å². The number of hydrogen-bond donors (Lipinski definition) is 2. The van der Waals surface area contributed by atoms with E-state index in [1.54, 1.807) is 31.2 Å². The average molecular weight is 401 g/mol. The molecule has 3 rings (SSSR count). The average Bonchev–Trinajstić information content (AvgIpc) is 3.39. The first-order valence-corrected chi connectivity index (χ1v) is 8.59. The van der Waals surface area contributed by atoms with E-state index in [0.717, 1.165) is 5.56 Å². The van der Waals surface area contributed by atoms with Gasteiger partial charge in [-0.25, -0.2) is 0 Å². The fourth-order valence-corrected chi connectivity index (χ4v) is 2.63. The second-order valence-electron chi connectivity index (χ2n) is 6.23. The Bertz CT molecular complexity index is 1050. The van der Waals surface area contributed by atoms with E-state index < -0.39 is 10.8 Å². The molecule has 0 saturated heterocycles. The summed E-state index contributed by atoms with van der Waals surface area (Å²) in [5.74, 6) is -1.06. The topological polar surface area (TPSA) is 155 Å². The van der Waals surface area contributed by atoms with Crippen LogP contribution < -0.4 is 10.6 Å². The molecule has 0 fully saturated rings. The van der Waals surface area contributed by atoms with Crippen LogP contribution in [0.5, 0.6) is 0 Å². The van der Waals surface area contributed by atoms with Gasteiger partial charge in [-0.2, -0.15) is 14.9 Å². The number of nitro groups is 1. The van der Waals surface area contributed by atoms with Crippen LogP contribution in [0.2, 0.25) is 0 Å². The Balaban J connectivity index is 1.58. The maximum absolute atomic E-state index is 12.5. The Morgan fingerprint density at radius 2 is 2.03 bits per heavy atom. The zero-order valence-corrected chi connectivity index (χ0v) is 15.8. The number of amides is 2. The molecule has 0 radical (unpaired) electrons. The highest BCUT2D eigenvalue weighted by Crippen LogP contribution is 2.15. The van der Waals surface area contributed by atoms with Crippen molar-refractivity contribution in [1.29, 1.82) is 0 Å². The van der Waals surface area contributed by atoms with Gasteiger partial charge in [0.1, 0.15) is 5.69 Å². The van der Waals surface area contributed by atoms with Crippen molar-refractivity contribution in [2.75, 3.05) is 5.32 Å². The molecule has 2 amide bonds. The van der Waals surface area contributed by atoms with Crippen LogP contribution in [0, 0.1) is 10.1 Å². The maximum Gasteiger partial charge on any atom is 0.389 e. The lowest BCUT2D eigenvalue weighted by Gasteiger charge is -2.08. The zero-order chi connectivity index (χ0) is 21.0. The molecule has 13 heteroatoms. The fraction of sp³-hybridized carbons (Fsp3) is 0.312. The van der Waals surface area contributed by atoms with Crippen molar-refractivity contribution in [2.45, 2.75) is 19.5 Å². The van der Waals surface area contributed by atoms with E-state index in [-0.39, 0.29) is 42.6 Å². The van der Waals surface area contributed by atoms with Gasteiger partial charge in [-0.3, -0.25) is 19.0 Å². The molecule has 152 valence electrons. The summed E-state index contributed by atoms with van der Waals surface area (Å²) in [5.41, 5.74) is 1.31. The largest absolute Gasteiger partial charge is 0.389 e. The lowest BCUT2D eigenvalue weighted by atomic mass is 10.3. The van der Waals surface area contributed by atoms with Crippen molar-refractivity contribution < 1.29 is 14.5 Å². The molecule has 0 atom stereocenters. The number of carbonyl (C=O) groups is 2. The van der Waals surface area contributed by atoms with Crippen molar-refractivity contribution in [2.24, 2.45) is 14.1 Å². The number of rotatable bonds is 8. The molecule has 0 aliphatic heterocycles. The molecule has 3 aromatic heterocycles. The van der Waals surface area contributed by atoms with Gasteiger partial charge >= 0.3 is 5.82 Å². The maximum atomic E-state index is 12.5. The van der Waals surface area contributed by atoms with Gasteiger partial charge < -0.3 is 20.7 Å². The molecular weight excluding hydrogens is 382 g/mol. The minimum absolute atomic E-state index is 0.0183. The van der Waals surface area contributed by atoms with Crippen LogP contribution in [0.1, 0.15) is 22.5 Å². The van der Waals surface area contributed by atoms with E-state index in [4.69, 9.17) is 0 Å². The highest BCUT2D eigenvalue weighted by molar-refractivity contribution is 6.02. The molecule has 0 bridgehead atoms. The molecular formula is C16H19N9O4. The third-order valence-electron chi connectivity index (χ3n) is 4.02. The zero-order valence-electron chi connectivity index (χ0n) is 15.8. The van der Waals surface area contributed by atoms with Crippen molar-refractivity contribution >= 4 is 23.3 Å². The molecule has 3 aromatic rings. The monoisotopic (exact) mass is 401 g/mol. The smallest absolute Gasteiger partial charge is 0.358 e. The molecule has 3 heterocycles. The number of carbonyl (C=O) groups excluding carboxylic acids is 2. The van der Waals surface area contributed by atoms with Gasteiger partial charge in [0.25, 0.3) is 5.91 Å². The molecule has 0 unspecified atom stereocenters. The second-order valence-corrected chi connectivity index (χ2v) is 6.23. The van der Waals surface area contributed by atoms with E-state index in [0.29, 0.717) is 0 Å². The lowest BCUT2D eigenvalue weighted by Crippen LogP contribution is -2.26. The van der Waals surface area contributed by atoms with E-state index in [1.165, 1.54) is 27.8 Å². The quantitative estimate of drug-likeness (QED) is 0.404. The number of anilines is 1. The predicted octanol–water partition coefficient (Wildman–Crippen LogP) is 0.217. The summed E-state index contributed by atoms with van der Waals surface area (Å²) in [6, 6.07) is 1.25. The van der Waals surface area contributed by atoms with Crippen LogP contribution in [-0.2, 0) is 32.0 Å². The molecule has 0 aliphatic rings. The van der Waals surface area contributed by atoms with E-state index in [9.17, 15) is 19.7 Å². The van der Waals surface area contributed by atoms with E-state index >= 15 is 0 Å². The summed E-state index contributed by atoms with van der Waals surface area (Å²) in [4.78, 5) is 34.8. The number of hydrogen-bond acceptors (Lipinski definition) is 7. The third-order valence-corrected chi connectivity index (χ3v) is 4.02. The summed E-state index contributed by atoms with van der Waals surface area (Å²) >= 11 is 0. The van der Waals surface area contributed by atoms with Gasteiger partial charge in [-0.05, 0) is 4.92 Å². The van der Waals surface area contributed by atoms with Gasteiger partial charge in [-0.15, -0.1) is 0 Å². The Morgan fingerprint density at radius 1 is 1.24 bits per heavy atom. The molecule has 0 spiro atoms. The second kappa shape index (κ2) is 8.33. The van der Waals surface area contributed by atoms with Crippen LogP contribution in [0.25, 0.3) is 0 Å². The molecule has 0 aromatic carbocycles. The van der Waals surface area contributed by atoms with Crippen LogP contribution in [-0.4, -0.2) is 46.1 Å². The Morgan fingerprint density at radius 3 is 2.69 bits per heavy atom. The number of aromatic nitrogens is 6. The van der Waals surface area contributed by atoms with Gasteiger partial charge in [0.05, 0.1) is 42.0 Å². The summed E-state index contributed by atoms with van der Waals surface area (Å²) in [6.45, 7) is 0.436.